The van der Waals surface area contributed by atoms with Crippen LogP contribution < -0.4 is 0 Å². The van der Waals surface area contributed by atoms with E-state index >= 15 is 0 Å². The van der Waals surface area contributed by atoms with Gasteiger partial charge in [0.05, 0.1) is 5.52 Å². The Kier molecular flexibility index (Phi) is 5.36. The molecule has 142 valence electrons. The summed E-state index contributed by atoms with van der Waals surface area (Å²) in [6.45, 7) is 7.39. The van der Waals surface area contributed by atoms with Crippen LogP contribution in [-0.4, -0.2) is 53.0 Å². The van der Waals surface area contributed by atoms with Crippen molar-refractivity contribution in [3.8, 4) is 0 Å². The zero-order chi connectivity index (χ0) is 18.8. The molecule has 0 saturated carbocycles. The molecule has 1 amide bonds. The summed E-state index contributed by atoms with van der Waals surface area (Å²) in [6, 6.07) is 14.0. The Hall–Kier alpha value is -2.05. The maximum Gasteiger partial charge on any atom is 0.270 e. The van der Waals surface area contributed by atoms with E-state index in [9.17, 15) is 4.79 Å². The Morgan fingerprint density at radius 1 is 1.11 bits per heavy atom. The summed E-state index contributed by atoms with van der Waals surface area (Å²) in [4.78, 5) is 17.7. The van der Waals surface area contributed by atoms with Crippen LogP contribution in [0.3, 0.4) is 0 Å². The number of nitrogens with zero attached hydrogens (tertiary/aromatic N) is 3. The summed E-state index contributed by atoms with van der Waals surface area (Å²) in [7, 11) is 0. The summed E-state index contributed by atoms with van der Waals surface area (Å²) in [5, 5.41) is 0. The number of aromatic nitrogens is 1. The first kappa shape index (κ1) is 18.3. The van der Waals surface area contributed by atoms with Crippen molar-refractivity contribution in [2.75, 3.05) is 32.7 Å². The van der Waals surface area contributed by atoms with Gasteiger partial charge in [0.2, 0.25) is 0 Å². The molecule has 3 heterocycles. The summed E-state index contributed by atoms with van der Waals surface area (Å²) in [5.74, 6) is 0.0876. The molecule has 3 aromatic rings. The Morgan fingerprint density at radius 2 is 1.85 bits per heavy atom. The summed E-state index contributed by atoms with van der Waals surface area (Å²) in [6.07, 6.45) is 1.15. The molecule has 0 radical (unpaired) electrons. The third kappa shape index (κ3) is 3.82. The van der Waals surface area contributed by atoms with Gasteiger partial charge in [0.1, 0.15) is 5.69 Å². The number of rotatable bonds is 5. The van der Waals surface area contributed by atoms with Crippen LogP contribution in [0.2, 0.25) is 0 Å². The van der Waals surface area contributed by atoms with E-state index in [4.69, 9.17) is 4.42 Å². The smallest absolute Gasteiger partial charge is 0.270 e. The number of hydrogen-bond acceptors (Lipinski definition) is 3. The number of carbonyl (C=O) groups is 1. The molecule has 0 unspecified atom stereocenters. The van der Waals surface area contributed by atoms with Crippen molar-refractivity contribution in [3.63, 3.8) is 0 Å². The normalized spacial score (nSPS) is 15.6. The molecule has 1 aliphatic heterocycles. The third-order valence-corrected chi connectivity index (χ3v) is 5.55. The van der Waals surface area contributed by atoms with Crippen LogP contribution in [0.15, 0.2) is 51.6 Å². The second-order valence-electron chi connectivity index (χ2n) is 7.04. The maximum absolute atomic E-state index is 13.3. The average molecular weight is 430 g/mol. The van der Waals surface area contributed by atoms with Gasteiger partial charge in [-0.15, -0.1) is 0 Å². The number of furan rings is 1. The van der Waals surface area contributed by atoms with E-state index < -0.39 is 0 Å². The van der Waals surface area contributed by atoms with E-state index in [1.807, 2.05) is 35.2 Å². The highest BCUT2D eigenvalue weighted by molar-refractivity contribution is 9.10. The molecular weight excluding hydrogens is 406 g/mol. The number of carbonyl (C=O) groups excluding carboxylic acids is 1. The van der Waals surface area contributed by atoms with Crippen molar-refractivity contribution in [2.24, 2.45) is 0 Å². The zero-order valence-electron chi connectivity index (χ0n) is 15.5. The van der Waals surface area contributed by atoms with E-state index in [0.29, 0.717) is 16.9 Å². The van der Waals surface area contributed by atoms with Crippen LogP contribution in [0.25, 0.3) is 11.1 Å². The number of amides is 1. The molecule has 0 bridgehead atoms. The largest absolute Gasteiger partial charge is 0.448 e. The van der Waals surface area contributed by atoms with Gasteiger partial charge in [-0.1, -0.05) is 37.3 Å². The minimum absolute atomic E-state index is 0.0876. The predicted octanol–water partition coefficient (Wildman–Crippen LogP) is 4.21. The molecular formula is C21H24BrN3O2. The lowest BCUT2D eigenvalue weighted by atomic mass is 10.2. The predicted molar refractivity (Wildman–Crippen MR) is 110 cm³/mol. The molecule has 6 heteroatoms. The van der Waals surface area contributed by atoms with Gasteiger partial charge in [-0.25, -0.2) is 0 Å². The van der Waals surface area contributed by atoms with Crippen molar-refractivity contribution in [2.45, 2.75) is 19.9 Å². The molecule has 0 aliphatic carbocycles. The lowest BCUT2D eigenvalue weighted by Gasteiger charge is -2.34. The van der Waals surface area contributed by atoms with Crippen LogP contribution >= 0.6 is 15.9 Å². The molecule has 5 nitrogen and oxygen atoms in total. The second-order valence-corrected chi connectivity index (χ2v) is 7.82. The van der Waals surface area contributed by atoms with E-state index in [-0.39, 0.29) is 5.91 Å². The Morgan fingerprint density at radius 3 is 2.56 bits per heavy atom. The second kappa shape index (κ2) is 7.90. The highest BCUT2D eigenvalue weighted by Crippen LogP contribution is 2.28. The van der Waals surface area contributed by atoms with E-state index in [0.717, 1.165) is 55.8 Å². The van der Waals surface area contributed by atoms with E-state index in [1.54, 1.807) is 0 Å². The minimum Gasteiger partial charge on any atom is -0.448 e. The van der Waals surface area contributed by atoms with Crippen LogP contribution in [0.5, 0.6) is 0 Å². The number of benzene rings is 1. The standard InChI is InChI=1S/C21H24BrN3O2/c1-2-8-23-9-11-24(12-10-23)21(26)18-13-19-17(14-20(22)27-19)25(18)15-16-6-4-3-5-7-16/h3-7,13-14H,2,8-12,15H2,1H3. The van der Waals surface area contributed by atoms with Gasteiger partial charge in [-0.3, -0.25) is 9.69 Å². The lowest BCUT2D eigenvalue weighted by molar-refractivity contribution is 0.0628. The van der Waals surface area contributed by atoms with Crippen molar-refractivity contribution in [1.82, 2.24) is 14.4 Å². The highest BCUT2D eigenvalue weighted by Gasteiger charge is 2.26. The Labute approximate surface area is 167 Å². The highest BCUT2D eigenvalue weighted by atomic mass is 79.9. The molecule has 27 heavy (non-hydrogen) atoms. The van der Waals surface area contributed by atoms with E-state index in [2.05, 4.69) is 44.5 Å². The fourth-order valence-corrected chi connectivity index (χ4v) is 4.17. The minimum atomic E-state index is 0.0876. The van der Waals surface area contributed by atoms with E-state index in [1.165, 1.54) is 0 Å². The zero-order valence-corrected chi connectivity index (χ0v) is 17.1. The molecule has 0 spiro atoms. The molecule has 1 aliphatic rings. The van der Waals surface area contributed by atoms with Crippen LogP contribution in [0, 0.1) is 0 Å². The first-order valence-corrected chi connectivity index (χ1v) is 10.3. The number of piperazine rings is 1. The van der Waals surface area contributed by atoms with Gasteiger partial charge in [0.15, 0.2) is 10.3 Å². The van der Waals surface area contributed by atoms with Gasteiger partial charge < -0.3 is 13.9 Å². The Bertz CT molecular complexity index is 924. The van der Waals surface area contributed by atoms with Crippen LogP contribution in [0.1, 0.15) is 29.4 Å². The van der Waals surface area contributed by atoms with Gasteiger partial charge in [0.25, 0.3) is 5.91 Å². The van der Waals surface area contributed by atoms with Crippen LogP contribution in [0.4, 0.5) is 0 Å². The lowest BCUT2D eigenvalue weighted by Crippen LogP contribution is -2.49. The van der Waals surface area contributed by atoms with Gasteiger partial charge in [0, 0.05) is 44.9 Å². The molecule has 0 atom stereocenters. The molecule has 1 saturated heterocycles. The van der Waals surface area contributed by atoms with Gasteiger partial charge >= 0.3 is 0 Å². The molecule has 2 aromatic heterocycles. The van der Waals surface area contributed by atoms with Gasteiger partial charge in [-0.2, -0.15) is 0 Å². The maximum atomic E-state index is 13.3. The van der Waals surface area contributed by atoms with Crippen molar-refractivity contribution in [3.05, 3.63) is 58.4 Å². The van der Waals surface area contributed by atoms with Crippen molar-refractivity contribution < 1.29 is 9.21 Å². The monoisotopic (exact) mass is 429 g/mol. The fraction of sp³-hybridized carbons (Fsp3) is 0.381. The Balaban J connectivity index is 1.62. The summed E-state index contributed by atoms with van der Waals surface area (Å²) < 4.78 is 8.48. The topological polar surface area (TPSA) is 41.6 Å². The number of fused-ring (bicyclic) bond motifs is 1. The summed E-state index contributed by atoms with van der Waals surface area (Å²) in [5.41, 5.74) is 3.54. The first-order valence-electron chi connectivity index (χ1n) is 9.50. The van der Waals surface area contributed by atoms with Crippen molar-refractivity contribution >= 4 is 32.9 Å². The fourth-order valence-electron chi connectivity index (χ4n) is 3.78. The molecule has 1 aromatic carbocycles. The summed E-state index contributed by atoms with van der Waals surface area (Å²) >= 11 is 3.40. The van der Waals surface area contributed by atoms with Crippen LogP contribution in [-0.2, 0) is 6.54 Å². The van der Waals surface area contributed by atoms with Gasteiger partial charge in [-0.05, 0) is 34.5 Å². The average Bonchev–Trinajstić information content (AvgIpc) is 3.20. The number of halogens is 1. The first-order chi connectivity index (χ1) is 13.2. The van der Waals surface area contributed by atoms with Crippen molar-refractivity contribution in [1.29, 1.82) is 0 Å². The molecule has 4 rings (SSSR count). The number of hydrogen-bond donors (Lipinski definition) is 0. The molecule has 1 fully saturated rings. The third-order valence-electron chi connectivity index (χ3n) is 5.16. The molecule has 0 N–H and O–H groups in total. The quantitative estimate of drug-likeness (QED) is 0.609. The SMILES string of the molecule is CCCN1CCN(C(=O)c2cc3oc(Br)cc3n2Cc2ccccc2)CC1.